The van der Waals surface area contributed by atoms with Crippen molar-refractivity contribution in [3.05, 3.63) is 287 Å². The molecular formula is C65H40N4S. The van der Waals surface area contributed by atoms with Gasteiger partial charge in [0.05, 0.1) is 21.9 Å². The van der Waals surface area contributed by atoms with Gasteiger partial charge in [0.25, 0.3) is 0 Å². The summed E-state index contributed by atoms with van der Waals surface area (Å²) in [5.74, 6) is 1.90. The van der Waals surface area contributed by atoms with Gasteiger partial charge in [-0.25, -0.2) is 15.0 Å². The molecule has 0 N–H and O–H groups in total. The highest BCUT2D eigenvalue weighted by Crippen LogP contribution is 2.67. The molecule has 4 nitrogen and oxygen atoms in total. The molecule has 15 rings (SSSR count). The molecule has 2 aromatic heterocycles. The zero-order valence-electron chi connectivity index (χ0n) is 37.8. The Bertz CT molecular complexity index is 3970. The SMILES string of the molecule is c1ccc(-c2nc(-c3ccc(-n4c5ccccc5c5ccccc54)cc3)nc(-c3ccc4c(c3)Sc3ccccc3C43c4ccccc4C4(c5ccccc5-c5ccccc54)c4ccccc43)n2)cc1. The van der Waals surface area contributed by atoms with Gasteiger partial charge in [0.1, 0.15) is 0 Å². The van der Waals surface area contributed by atoms with Crippen LogP contribution in [0.15, 0.2) is 252 Å². The summed E-state index contributed by atoms with van der Waals surface area (Å²) < 4.78 is 2.34. The highest BCUT2D eigenvalue weighted by molar-refractivity contribution is 7.99. The van der Waals surface area contributed by atoms with E-state index in [4.69, 9.17) is 15.0 Å². The summed E-state index contributed by atoms with van der Waals surface area (Å²) >= 11 is 1.84. The Balaban J connectivity index is 0.922. The van der Waals surface area contributed by atoms with Crippen molar-refractivity contribution in [2.24, 2.45) is 0 Å². The van der Waals surface area contributed by atoms with Gasteiger partial charge in [-0.15, -0.1) is 0 Å². The molecule has 10 aromatic carbocycles. The third-order valence-corrected chi connectivity index (χ3v) is 16.3. The molecule has 2 aliphatic carbocycles. The lowest BCUT2D eigenvalue weighted by atomic mass is 9.51. The quantitative estimate of drug-likeness (QED) is 0.176. The van der Waals surface area contributed by atoms with Crippen molar-refractivity contribution < 1.29 is 0 Å². The van der Waals surface area contributed by atoms with Crippen molar-refractivity contribution in [1.29, 1.82) is 0 Å². The van der Waals surface area contributed by atoms with Crippen molar-refractivity contribution in [3.8, 4) is 51.0 Å². The van der Waals surface area contributed by atoms with Crippen LogP contribution >= 0.6 is 11.8 Å². The van der Waals surface area contributed by atoms with E-state index in [1.165, 1.54) is 87.2 Å². The first-order valence-corrected chi connectivity index (χ1v) is 24.7. The molecule has 1 aliphatic heterocycles. The standard InChI is InChI=1S/C65H40N4S/c1-2-18-41(19-3-1)61-66-62(42-34-37-44(38-35-42)69-57-31-15-6-22-47(57)48-23-7-16-32-58(48)69)68-63(67-61)43-36-39-56-60(40-43)70-59-33-17-14-30-55(59)65(56)53-28-12-10-26-51(53)64(52-27-11-13-29-54(52)65)49-24-8-4-20-45(49)46-21-5-9-25-50(46)64/h1-40H. The summed E-state index contributed by atoms with van der Waals surface area (Å²) in [7, 11) is 0. The van der Waals surface area contributed by atoms with Crippen LogP contribution in [-0.2, 0) is 10.8 Å². The third-order valence-electron chi connectivity index (χ3n) is 15.2. The second-order valence-electron chi connectivity index (χ2n) is 18.6. The van der Waals surface area contributed by atoms with Crippen molar-refractivity contribution in [1.82, 2.24) is 19.5 Å². The van der Waals surface area contributed by atoms with Crippen LogP contribution in [0.25, 0.3) is 72.8 Å². The fourth-order valence-corrected chi connectivity index (χ4v) is 13.7. The van der Waals surface area contributed by atoms with Crippen molar-refractivity contribution in [2.45, 2.75) is 20.6 Å². The predicted octanol–water partition coefficient (Wildman–Crippen LogP) is 15.5. The lowest BCUT2D eigenvalue weighted by Gasteiger charge is -2.51. The second kappa shape index (κ2) is 14.9. The average molecular weight is 909 g/mol. The monoisotopic (exact) mass is 908 g/mol. The van der Waals surface area contributed by atoms with Gasteiger partial charge in [0, 0.05) is 42.9 Å². The second-order valence-corrected chi connectivity index (χ2v) is 19.7. The summed E-state index contributed by atoms with van der Waals surface area (Å²) in [4.78, 5) is 18.1. The molecule has 0 bridgehead atoms. The maximum Gasteiger partial charge on any atom is 0.164 e. The molecule has 2 spiro atoms. The molecule has 0 saturated carbocycles. The molecule has 70 heavy (non-hydrogen) atoms. The number of aromatic nitrogens is 4. The number of nitrogens with zero attached hydrogens (tertiary/aromatic N) is 4. The number of para-hydroxylation sites is 2. The lowest BCUT2D eigenvalue weighted by Crippen LogP contribution is -2.45. The lowest BCUT2D eigenvalue weighted by molar-refractivity contribution is 0.605. The molecule has 0 radical (unpaired) electrons. The summed E-state index contributed by atoms with van der Waals surface area (Å²) in [6, 6.07) is 88.8. The number of rotatable bonds is 4. The number of hydrogen-bond donors (Lipinski definition) is 0. The van der Waals surface area contributed by atoms with E-state index in [-0.39, 0.29) is 0 Å². The fraction of sp³-hybridized carbons (Fsp3) is 0.0308. The Hall–Kier alpha value is -8.64. The number of hydrogen-bond acceptors (Lipinski definition) is 4. The Labute approximate surface area is 409 Å². The topological polar surface area (TPSA) is 43.6 Å². The first-order chi connectivity index (χ1) is 34.7. The summed E-state index contributed by atoms with van der Waals surface area (Å²) in [6.45, 7) is 0. The van der Waals surface area contributed by atoms with Gasteiger partial charge >= 0.3 is 0 Å². The molecule has 0 unspecified atom stereocenters. The molecule has 326 valence electrons. The Morgan fingerprint density at radius 3 is 1.27 bits per heavy atom. The van der Waals surface area contributed by atoms with E-state index in [0.29, 0.717) is 17.5 Å². The van der Waals surface area contributed by atoms with Crippen molar-refractivity contribution in [2.75, 3.05) is 0 Å². The molecule has 0 atom stereocenters. The van der Waals surface area contributed by atoms with E-state index in [0.717, 1.165) is 22.4 Å². The number of fused-ring (bicyclic) bond motifs is 18. The minimum atomic E-state index is -0.613. The van der Waals surface area contributed by atoms with Crippen LogP contribution in [0.2, 0.25) is 0 Å². The van der Waals surface area contributed by atoms with Gasteiger partial charge in [-0.05, 0) is 104 Å². The number of benzene rings is 10. The minimum Gasteiger partial charge on any atom is -0.309 e. The van der Waals surface area contributed by atoms with Crippen LogP contribution in [0.5, 0.6) is 0 Å². The van der Waals surface area contributed by atoms with Gasteiger partial charge in [-0.1, -0.05) is 206 Å². The highest BCUT2D eigenvalue weighted by Gasteiger charge is 2.58. The molecule has 3 aliphatic rings. The van der Waals surface area contributed by atoms with E-state index >= 15 is 0 Å². The first kappa shape index (κ1) is 39.4. The van der Waals surface area contributed by atoms with E-state index in [9.17, 15) is 0 Å². The van der Waals surface area contributed by atoms with Crippen LogP contribution < -0.4 is 0 Å². The van der Waals surface area contributed by atoms with Gasteiger partial charge < -0.3 is 4.57 Å². The third kappa shape index (κ3) is 5.30. The summed E-state index contributed by atoms with van der Waals surface area (Å²) in [5, 5.41) is 2.47. The van der Waals surface area contributed by atoms with Crippen LogP contribution in [0.4, 0.5) is 0 Å². The molecular weight excluding hydrogens is 869 g/mol. The largest absolute Gasteiger partial charge is 0.309 e. The van der Waals surface area contributed by atoms with E-state index < -0.39 is 10.8 Å². The van der Waals surface area contributed by atoms with Crippen LogP contribution in [-0.4, -0.2) is 19.5 Å². The fourth-order valence-electron chi connectivity index (χ4n) is 12.5. The maximum absolute atomic E-state index is 5.31. The van der Waals surface area contributed by atoms with Crippen LogP contribution in [0, 0.1) is 0 Å². The average Bonchev–Trinajstić information content (AvgIpc) is 3.93. The maximum atomic E-state index is 5.31. The molecule has 0 fully saturated rings. The summed E-state index contributed by atoms with van der Waals surface area (Å²) in [5.41, 5.74) is 18.2. The normalized spacial score (nSPS) is 14.2. The minimum absolute atomic E-state index is 0.498. The highest BCUT2D eigenvalue weighted by atomic mass is 32.2. The van der Waals surface area contributed by atoms with Crippen molar-refractivity contribution >= 4 is 33.6 Å². The zero-order valence-corrected chi connectivity index (χ0v) is 38.6. The van der Waals surface area contributed by atoms with Gasteiger partial charge in [0.15, 0.2) is 17.5 Å². The summed E-state index contributed by atoms with van der Waals surface area (Å²) in [6.07, 6.45) is 0. The van der Waals surface area contributed by atoms with Crippen LogP contribution in [0.3, 0.4) is 0 Å². The van der Waals surface area contributed by atoms with E-state index in [2.05, 4.69) is 229 Å². The van der Waals surface area contributed by atoms with Crippen LogP contribution in [0.1, 0.15) is 44.5 Å². The van der Waals surface area contributed by atoms with E-state index in [1.807, 2.05) is 30.0 Å². The molecule has 0 saturated heterocycles. The van der Waals surface area contributed by atoms with Gasteiger partial charge in [-0.3, -0.25) is 0 Å². The van der Waals surface area contributed by atoms with E-state index in [1.54, 1.807) is 0 Å². The Kier molecular flexibility index (Phi) is 8.40. The van der Waals surface area contributed by atoms with Crippen molar-refractivity contribution in [3.63, 3.8) is 0 Å². The molecule has 3 heterocycles. The molecule has 5 heteroatoms. The van der Waals surface area contributed by atoms with Gasteiger partial charge in [0.2, 0.25) is 0 Å². The molecule has 12 aromatic rings. The smallest absolute Gasteiger partial charge is 0.164 e. The Morgan fingerprint density at radius 2 is 0.700 bits per heavy atom. The predicted molar refractivity (Wildman–Crippen MR) is 284 cm³/mol. The Morgan fingerprint density at radius 1 is 0.300 bits per heavy atom. The molecule has 0 amide bonds. The zero-order chi connectivity index (χ0) is 46.0. The first-order valence-electron chi connectivity index (χ1n) is 23.9. The van der Waals surface area contributed by atoms with Gasteiger partial charge in [-0.2, -0.15) is 0 Å².